The van der Waals surface area contributed by atoms with Gasteiger partial charge in [-0.2, -0.15) is 0 Å². The van der Waals surface area contributed by atoms with Gasteiger partial charge in [-0.25, -0.2) is 4.98 Å². The first-order valence-corrected chi connectivity index (χ1v) is 7.42. The number of H-pyrrole nitrogens is 1. The smallest absolute Gasteiger partial charge is 0.137 e. The minimum atomic E-state index is 0.988. The van der Waals surface area contributed by atoms with E-state index in [4.69, 9.17) is 0 Å². The summed E-state index contributed by atoms with van der Waals surface area (Å²) in [4.78, 5) is 7.43. The van der Waals surface area contributed by atoms with Crippen LogP contribution in [-0.4, -0.2) is 16.6 Å². The molecule has 0 aliphatic carbocycles. The van der Waals surface area contributed by atoms with Gasteiger partial charge >= 0.3 is 0 Å². The number of aryl methyl sites for hydroxylation is 2. The first-order valence-electron chi connectivity index (χ1n) is 6.26. The highest BCUT2D eigenvalue weighted by molar-refractivity contribution is 7.15. The predicted molar refractivity (Wildman–Crippen MR) is 83.9 cm³/mol. The van der Waals surface area contributed by atoms with Gasteiger partial charge in [0.25, 0.3) is 0 Å². The summed E-state index contributed by atoms with van der Waals surface area (Å²) in [7, 11) is 2.42. The molecule has 0 saturated heterocycles. The Kier molecular flexibility index (Phi) is 12.6. The van der Waals surface area contributed by atoms with Crippen LogP contribution >= 0.6 is 9.24 Å². The highest BCUT2D eigenvalue weighted by Gasteiger charge is 1.98. The normalized spacial score (nSPS) is 8.00. The molecule has 0 spiro atoms. The summed E-state index contributed by atoms with van der Waals surface area (Å²) in [6, 6.07) is 4.15. The molecule has 0 amide bonds. The van der Waals surface area contributed by atoms with Gasteiger partial charge in [0.05, 0.1) is 0 Å². The zero-order valence-corrected chi connectivity index (χ0v) is 13.4. The van der Waals surface area contributed by atoms with Gasteiger partial charge in [-0.15, -0.1) is 9.24 Å². The Labute approximate surface area is 108 Å². The topological polar surface area (TPSA) is 28.7 Å². The third-order valence-corrected chi connectivity index (χ3v) is 1.86. The Balaban J connectivity index is 0. The first-order chi connectivity index (χ1) is 8.27. The van der Waals surface area contributed by atoms with Gasteiger partial charge in [0.15, 0.2) is 0 Å². The third kappa shape index (κ3) is 5.83. The Hall–Kier alpha value is -0.880. The summed E-state index contributed by atoms with van der Waals surface area (Å²) < 4.78 is 0. The molecule has 98 valence electrons. The highest BCUT2D eigenvalue weighted by atomic mass is 31.0. The summed E-state index contributed by atoms with van der Waals surface area (Å²) in [6.07, 6.45) is 1.92. The summed E-state index contributed by atoms with van der Waals surface area (Å²) in [5.74, 6) is 0. The van der Waals surface area contributed by atoms with Gasteiger partial charge in [-0.3, -0.25) is 0 Å². The highest BCUT2D eigenvalue weighted by Crippen LogP contribution is 2.15. The lowest BCUT2D eigenvalue weighted by molar-refractivity contribution is 1.21. The van der Waals surface area contributed by atoms with Crippen molar-refractivity contribution in [3.05, 3.63) is 29.6 Å². The second-order valence-corrected chi connectivity index (χ2v) is 2.82. The molecule has 2 aromatic rings. The van der Waals surface area contributed by atoms with E-state index in [-0.39, 0.29) is 0 Å². The summed E-state index contributed by atoms with van der Waals surface area (Å²) in [6.45, 7) is 14.0. The maximum atomic E-state index is 4.34. The summed E-state index contributed by atoms with van der Waals surface area (Å²) in [5, 5.41) is 1.22. The molecule has 0 aromatic carbocycles. The van der Waals surface area contributed by atoms with Crippen LogP contribution in [0, 0.1) is 13.8 Å². The molecule has 17 heavy (non-hydrogen) atoms. The molecular weight excluding hydrogens is 227 g/mol. The van der Waals surface area contributed by atoms with Crippen LogP contribution in [0.25, 0.3) is 11.0 Å². The molecule has 0 aliphatic rings. The fourth-order valence-electron chi connectivity index (χ4n) is 1.37. The number of hydrogen-bond donors (Lipinski definition) is 1. The van der Waals surface area contributed by atoms with Crippen molar-refractivity contribution in [1.82, 2.24) is 9.97 Å². The van der Waals surface area contributed by atoms with Crippen molar-refractivity contribution < 1.29 is 0 Å². The number of fused-ring (bicyclic) bond motifs is 1. The first kappa shape index (κ1) is 18.5. The molecule has 3 heteroatoms. The molecule has 0 bridgehead atoms. The number of rotatable bonds is 0. The Morgan fingerprint density at radius 2 is 1.59 bits per heavy atom. The maximum absolute atomic E-state index is 4.34. The minimum absolute atomic E-state index is 0.988. The van der Waals surface area contributed by atoms with Crippen LogP contribution in [-0.2, 0) is 0 Å². The van der Waals surface area contributed by atoms with Gasteiger partial charge in [0, 0.05) is 17.3 Å². The van der Waals surface area contributed by atoms with Crippen molar-refractivity contribution >= 4 is 20.3 Å². The second kappa shape index (κ2) is 11.6. The number of aromatic nitrogens is 2. The lowest BCUT2D eigenvalue weighted by Crippen LogP contribution is -1.84. The zero-order valence-electron chi connectivity index (χ0n) is 12.3. The van der Waals surface area contributed by atoms with E-state index in [1.807, 2.05) is 47.5 Å². The van der Waals surface area contributed by atoms with Crippen molar-refractivity contribution in [2.45, 2.75) is 41.5 Å². The van der Waals surface area contributed by atoms with Crippen LogP contribution in [0.1, 0.15) is 39.0 Å². The van der Waals surface area contributed by atoms with Crippen molar-refractivity contribution in [3.8, 4) is 0 Å². The number of hydrogen-bond acceptors (Lipinski definition) is 1. The van der Waals surface area contributed by atoms with Crippen molar-refractivity contribution in [2.24, 2.45) is 0 Å². The standard InChI is InChI=1S/C9H10N2.2C2H6.CH5P/c1-6-5-7(2)11-9-8(6)3-4-10-9;3*1-2/h3-5H,1-2H3,(H,10,11);2*1-2H3;2H2,1H3. The molecule has 2 heterocycles. The molecule has 2 aromatic heterocycles. The average molecular weight is 254 g/mol. The van der Waals surface area contributed by atoms with Gasteiger partial charge in [-0.1, -0.05) is 34.4 Å². The third-order valence-electron chi connectivity index (χ3n) is 1.86. The van der Waals surface area contributed by atoms with E-state index in [0.717, 1.165) is 11.3 Å². The van der Waals surface area contributed by atoms with Crippen LogP contribution in [0.15, 0.2) is 18.3 Å². The lowest BCUT2D eigenvalue weighted by Gasteiger charge is -1.96. The number of nitrogens with one attached hydrogen (secondary N) is 1. The van der Waals surface area contributed by atoms with Crippen LogP contribution in [0.2, 0.25) is 0 Å². The molecule has 0 aliphatic heterocycles. The maximum Gasteiger partial charge on any atom is 0.137 e. The summed E-state index contributed by atoms with van der Waals surface area (Å²) in [5.41, 5.74) is 3.34. The van der Waals surface area contributed by atoms with Gasteiger partial charge < -0.3 is 4.98 Å². The van der Waals surface area contributed by atoms with Gasteiger partial charge in [0.2, 0.25) is 0 Å². The number of nitrogens with zero attached hydrogens (tertiary/aromatic N) is 1. The summed E-state index contributed by atoms with van der Waals surface area (Å²) >= 11 is 0. The van der Waals surface area contributed by atoms with E-state index >= 15 is 0 Å². The minimum Gasteiger partial charge on any atom is -0.346 e. The molecule has 0 saturated carbocycles. The Bertz CT molecular complexity index is 394. The molecule has 2 rings (SSSR count). The molecule has 2 nitrogen and oxygen atoms in total. The van der Waals surface area contributed by atoms with E-state index in [0.29, 0.717) is 0 Å². The quantitative estimate of drug-likeness (QED) is 0.677. The number of aromatic amines is 1. The molecule has 1 unspecified atom stereocenters. The van der Waals surface area contributed by atoms with Crippen molar-refractivity contribution in [3.63, 3.8) is 0 Å². The molecule has 1 atom stereocenters. The zero-order chi connectivity index (χ0) is 13.8. The van der Waals surface area contributed by atoms with Crippen molar-refractivity contribution in [1.29, 1.82) is 0 Å². The van der Waals surface area contributed by atoms with Crippen LogP contribution in [0.5, 0.6) is 0 Å². The fourth-order valence-corrected chi connectivity index (χ4v) is 1.37. The van der Waals surface area contributed by atoms with Crippen molar-refractivity contribution in [2.75, 3.05) is 6.66 Å². The largest absolute Gasteiger partial charge is 0.346 e. The van der Waals surface area contributed by atoms with E-state index in [1.165, 1.54) is 10.9 Å². The second-order valence-electron chi connectivity index (χ2n) is 2.82. The van der Waals surface area contributed by atoms with Gasteiger partial charge in [-0.05, 0) is 31.5 Å². The molecular formula is C14H27N2P. The van der Waals surface area contributed by atoms with E-state index < -0.39 is 0 Å². The van der Waals surface area contributed by atoms with E-state index in [2.05, 4.69) is 38.3 Å². The van der Waals surface area contributed by atoms with Crippen LogP contribution in [0.3, 0.4) is 0 Å². The van der Waals surface area contributed by atoms with E-state index in [1.54, 1.807) is 0 Å². The molecule has 0 radical (unpaired) electrons. The van der Waals surface area contributed by atoms with E-state index in [9.17, 15) is 0 Å². The molecule has 1 N–H and O–H groups in total. The Morgan fingerprint density at radius 1 is 1.06 bits per heavy atom. The SMILES string of the molecule is CC.CC.CP.Cc1cc(C)c2cc[nH]c2n1. The fraction of sp³-hybridized carbons (Fsp3) is 0.500. The number of pyridine rings is 1. The molecule has 0 fully saturated rings. The average Bonchev–Trinajstić information content (AvgIpc) is 2.85. The van der Waals surface area contributed by atoms with Crippen LogP contribution < -0.4 is 0 Å². The van der Waals surface area contributed by atoms with Gasteiger partial charge in [0.1, 0.15) is 5.65 Å². The lowest BCUT2D eigenvalue weighted by atomic mass is 10.2. The monoisotopic (exact) mass is 254 g/mol. The predicted octanol–water partition coefficient (Wildman–Crippen LogP) is 4.72. The Morgan fingerprint density at radius 3 is 2.12 bits per heavy atom. The van der Waals surface area contributed by atoms with Crippen LogP contribution in [0.4, 0.5) is 0 Å².